The second-order valence-electron chi connectivity index (χ2n) is 16.3. The van der Waals surface area contributed by atoms with Crippen LogP contribution in [0.1, 0.15) is 83.8 Å². The maximum atomic E-state index is 13.4. The quantitative estimate of drug-likeness (QED) is 0.0460. The van der Waals surface area contributed by atoms with Crippen molar-refractivity contribution < 1.29 is 84.0 Å². The molecule has 0 saturated carbocycles. The average Bonchev–Trinajstić information content (AvgIpc) is 3.64. The van der Waals surface area contributed by atoms with Crippen molar-refractivity contribution in [1.29, 1.82) is 0 Å². The van der Waals surface area contributed by atoms with Crippen LogP contribution >= 0.6 is 0 Å². The van der Waals surface area contributed by atoms with Gasteiger partial charge in [-0.2, -0.15) is 0 Å². The molecule has 3 heterocycles. The molecular weight excluding hydrogens is 837 g/mol. The number of aliphatic hydroxyl groups excluding tert-OH is 7. The Kier molecular flexibility index (Phi) is 20.8. The number of phenolic OH excluding ortho intramolecular Hbond substituents is 2. The van der Waals surface area contributed by atoms with Gasteiger partial charge in [0.25, 0.3) is 0 Å². The molecule has 1 aromatic rings. The first-order valence-corrected chi connectivity index (χ1v) is 21.8. The van der Waals surface area contributed by atoms with Crippen LogP contribution in [-0.4, -0.2) is 138 Å². The van der Waals surface area contributed by atoms with Gasteiger partial charge in [-0.05, 0) is 68.6 Å². The van der Waals surface area contributed by atoms with Gasteiger partial charge < -0.3 is 74.4 Å². The van der Waals surface area contributed by atoms with E-state index < -0.39 is 104 Å². The van der Waals surface area contributed by atoms with E-state index in [9.17, 15) is 55.5 Å². The van der Waals surface area contributed by atoms with E-state index in [-0.39, 0.29) is 29.9 Å². The van der Waals surface area contributed by atoms with Crippen LogP contribution in [-0.2, 0) is 50.4 Å². The summed E-state index contributed by atoms with van der Waals surface area (Å²) in [5.74, 6) is -4.36. The Hall–Kier alpha value is -4.24. The summed E-state index contributed by atoms with van der Waals surface area (Å²) < 4.78 is 34.7. The molecule has 17 nitrogen and oxygen atoms in total. The smallest absolute Gasteiger partial charge is 0.331 e. The van der Waals surface area contributed by atoms with E-state index >= 15 is 0 Å². The zero-order valence-corrected chi connectivity index (χ0v) is 36.8. The van der Waals surface area contributed by atoms with Gasteiger partial charge in [0.05, 0.1) is 31.0 Å². The maximum Gasteiger partial charge on any atom is 0.331 e. The summed E-state index contributed by atoms with van der Waals surface area (Å²) in [6, 6.07) is 2.25. The molecule has 0 aromatic heterocycles. The predicted octanol–water partition coefficient (Wildman–Crippen LogP) is 3.04. The molecule has 0 aliphatic carbocycles. The molecule has 1 spiro atoms. The lowest BCUT2D eigenvalue weighted by Gasteiger charge is -2.50. The third-order valence-electron chi connectivity index (χ3n) is 11.5. The van der Waals surface area contributed by atoms with Gasteiger partial charge >= 0.3 is 11.9 Å². The highest BCUT2D eigenvalue weighted by Gasteiger charge is 2.63. The second-order valence-corrected chi connectivity index (χ2v) is 16.3. The lowest BCUT2D eigenvalue weighted by atomic mass is 9.86. The van der Waals surface area contributed by atoms with E-state index in [1.165, 1.54) is 24.3 Å². The molecule has 13 atom stereocenters. The van der Waals surface area contributed by atoms with Crippen molar-refractivity contribution >= 4 is 11.9 Å². The predicted molar refractivity (Wildman–Crippen MR) is 231 cm³/mol. The number of allylic oxidation sites excluding steroid dienone is 8. The highest BCUT2D eigenvalue weighted by atomic mass is 16.8. The number of esters is 2. The highest BCUT2D eigenvalue weighted by molar-refractivity contribution is 5.82. The summed E-state index contributed by atoms with van der Waals surface area (Å²) in [7, 11) is 0. The van der Waals surface area contributed by atoms with Crippen molar-refractivity contribution in [2.45, 2.75) is 152 Å². The molecule has 3 aliphatic heterocycles. The second kappa shape index (κ2) is 25.5. The van der Waals surface area contributed by atoms with E-state index in [2.05, 4.69) is 19.9 Å². The molecule has 356 valence electrons. The Bertz CT molecular complexity index is 1840. The Balaban J connectivity index is 1.50. The number of carbonyl (C=O) groups excluding carboxylic acids is 2. The summed E-state index contributed by atoms with van der Waals surface area (Å²) in [5, 5.41) is 96.4. The summed E-state index contributed by atoms with van der Waals surface area (Å²) in [6.45, 7) is 6.24. The summed E-state index contributed by atoms with van der Waals surface area (Å²) in [4.78, 5) is 25.8. The summed E-state index contributed by atoms with van der Waals surface area (Å²) in [6.07, 6.45) is 5.02. The largest absolute Gasteiger partial charge is 0.508 e. The van der Waals surface area contributed by atoms with E-state index in [0.29, 0.717) is 25.2 Å². The number of carbonyl (C=O) groups is 2. The third-order valence-corrected chi connectivity index (χ3v) is 11.5. The number of aromatic hydroxyl groups is 2. The van der Waals surface area contributed by atoms with Gasteiger partial charge in [0.2, 0.25) is 5.79 Å². The Labute approximate surface area is 373 Å². The monoisotopic (exact) mass is 902 g/mol. The fraction of sp³-hybridized carbons (Fsp3) is 0.574. The van der Waals surface area contributed by atoms with Gasteiger partial charge in [-0.3, -0.25) is 0 Å². The number of rotatable bonds is 22. The fourth-order valence-corrected chi connectivity index (χ4v) is 7.30. The minimum absolute atomic E-state index is 0.118. The van der Waals surface area contributed by atoms with Crippen molar-refractivity contribution in [3.63, 3.8) is 0 Å². The lowest BCUT2D eigenvalue weighted by molar-refractivity contribution is -0.395. The first-order valence-electron chi connectivity index (χ1n) is 21.8. The molecule has 2 saturated heterocycles. The Morgan fingerprint density at radius 2 is 1.55 bits per heavy atom. The van der Waals surface area contributed by atoms with Crippen LogP contribution < -0.4 is 0 Å². The van der Waals surface area contributed by atoms with E-state index in [4.69, 9.17) is 28.4 Å². The number of benzene rings is 1. The SMILES string of the molecule is CCC(C)CC/C=C/C=C(/C)C(O)C/C=C/C=C/C(=O)OC1C(OC2OC(COC(=O)/C=C/C=C/CCC(O)CC)C(O)C(O)C2O)C(CO)OC2(OCc3cc(O)cc(O)c32)C1O. The average molecular weight is 903 g/mol. The molecular formula is C47H66O17. The fourth-order valence-electron chi connectivity index (χ4n) is 7.30. The molecule has 3 aliphatic rings. The van der Waals surface area contributed by atoms with Gasteiger partial charge in [0.1, 0.15) is 54.7 Å². The van der Waals surface area contributed by atoms with Crippen LogP contribution in [0.25, 0.3) is 0 Å². The van der Waals surface area contributed by atoms with Gasteiger partial charge in [-0.25, -0.2) is 9.59 Å². The highest BCUT2D eigenvalue weighted by Crippen LogP contribution is 2.51. The zero-order chi connectivity index (χ0) is 47.0. The van der Waals surface area contributed by atoms with Gasteiger partial charge in [-0.15, -0.1) is 0 Å². The summed E-state index contributed by atoms with van der Waals surface area (Å²) >= 11 is 0. The topological polar surface area (TPSA) is 272 Å². The lowest BCUT2D eigenvalue weighted by Crippen LogP contribution is -2.67. The number of aliphatic hydroxyl groups is 7. The van der Waals surface area contributed by atoms with Crippen molar-refractivity contribution in [3.05, 3.63) is 95.7 Å². The minimum Gasteiger partial charge on any atom is -0.508 e. The first kappa shape index (κ1) is 52.4. The third kappa shape index (κ3) is 14.1. The molecule has 64 heavy (non-hydrogen) atoms. The normalized spacial score (nSPS) is 30.2. The van der Waals surface area contributed by atoms with Crippen LogP contribution in [0.5, 0.6) is 11.5 Å². The van der Waals surface area contributed by atoms with E-state index in [0.717, 1.165) is 43.1 Å². The van der Waals surface area contributed by atoms with Crippen LogP contribution in [0.3, 0.4) is 0 Å². The van der Waals surface area contributed by atoms with Gasteiger partial charge in [0.15, 0.2) is 18.5 Å². The number of ether oxygens (including phenoxy) is 6. The Morgan fingerprint density at radius 1 is 0.859 bits per heavy atom. The molecule has 4 rings (SSSR count). The van der Waals surface area contributed by atoms with Crippen LogP contribution in [0.15, 0.2) is 84.5 Å². The Morgan fingerprint density at radius 3 is 2.25 bits per heavy atom. The van der Waals surface area contributed by atoms with Crippen molar-refractivity contribution in [1.82, 2.24) is 0 Å². The number of hydrogen-bond donors (Lipinski definition) is 9. The molecule has 0 radical (unpaired) electrons. The van der Waals surface area contributed by atoms with Crippen LogP contribution in [0.2, 0.25) is 0 Å². The molecule has 13 unspecified atom stereocenters. The van der Waals surface area contributed by atoms with Crippen molar-refractivity contribution in [2.75, 3.05) is 13.2 Å². The zero-order valence-electron chi connectivity index (χ0n) is 36.8. The van der Waals surface area contributed by atoms with Crippen LogP contribution in [0.4, 0.5) is 0 Å². The summed E-state index contributed by atoms with van der Waals surface area (Å²) in [5.41, 5.74) is 0.842. The van der Waals surface area contributed by atoms with E-state index in [1.807, 2.05) is 26.0 Å². The van der Waals surface area contributed by atoms with Crippen LogP contribution in [0, 0.1) is 5.92 Å². The first-order chi connectivity index (χ1) is 30.6. The molecule has 2 fully saturated rings. The molecule has 0 amide bonds. The van der Waals surface area contributed by atoms with Crippen molar-refractivity contribution in [3.8, 4) is 11.5 Å². The van der Waals surface area contributed by atoms with Gasteiger partial charge in [0, 0.05) is 18.2 Å². The standard InChI is InChI=1S/C47H66O17/c1-5-28(3)17-11-9-12-18-29(4)33(51)20-14-10-16-22-38(54)62-44-43(35(25-48)64-47(45(44)58)39-30(26-60-47)23-32(50)24-34(39)52)63-46-42(57)41(56)40(55)36(61-46)27-59-37(53)21-15-8-7-13-19-31(49)6-2/h7-10,12,14-16,18,21-24,28,31,33,35-36,40-46,48-52,55-58H,5-6,11,13,17,19-20,25-27H2,1-4H3/b8-7+,12-9+,14-10+,21-15+,22-16+,29-18-. The number of phenols is 2. The van der Waals surface area contributed by atoms with Gasteiger partial charge in [-0.1, -0.05) is 81.9 Å². The minimum atomic E-state index is -2.28. The van der Waals surface area contributed by atoms with Crippen molar-refractivity contribution in [2.24, 2.45) is 5.92 Å². The number of hydrogen-bond acceptors (Lipinski definition) is 17. The maximum absolute atomic E-state index is 13.4. The molecule has 1 aromatic carbocycles. The molecule has 9 N–H and O–H groups in total. The molecule has 17 heteroatoms. The molecule has 0 bridgehead atoms. The van der Waals surface area contributed by atoms with E-state index in [1.54, 1.807) is 18.2 Å². The number of fused-ring (bicyclic) bond motifs is 2.